The van der Waals surface area contributed by atoms with E-state index in [9.17, 15) is 4.79 Å². The zero-order valence-electron chi connectivity index (χ0n) is 11.0. The number of benzene rings is 1. The first-order valence-electron chi connectivity index (χ1n) is 6.01. The summed E-state index contributed by atoms with van der Waals surface area (Å²) in [6.45, 7) is 9.12. The van der Waals surface area contributed by atoms with Gasteiger partial charge in [-0.05, 0) is 38.0 Å². The maximum absolute atomic E-state index is 12.4. The van der Waals surface area contributed by atoms with Gasteiger partial charge in [0.15, 0.2) is 0 Å². The van der Waals surface area contributed by atoms with E-state index in [-0.39, 0.29) is 11.9 Å². The van der Waals surface area contributed by atoms with Crippen LogP contribution >= 0.6 is 12.6 Å². The van der Waals surface area contributed by atoms with E-state index < -0.39 is 0 Å². The van der Waals surface area contributed by atoms with Crippen molar-refractivity contribution in [2.24, 2.45) is 5.92 Å². The van der Waals surface area contributed by atoms with Crippen LogP contribution in [-0.2, 0) is 0 Å². The van der Waals surface area contributed by atoms with Crippen molar-refractivity contribution in [3.63, 3.8) is 0 Å². The summed E-state index contributed by atoms with van der Waals surface area (Å²) in [6, 6.07) is 7.62. The molecule has 0 N–H and O–H groups in total. The van der Waals surface area contributed by atoms with Gasteiger partial charge in [-0.2, -0.15) is 0 Å². The molecule has 0 aromatic heterocycles. The van der Waals surface area contributed by atoms with Gasteiger partial charge < -0.3 is 4.90 Å². The van der Waals surface area contributed by atoms with Crippen molar-refractivity contribution in [1.82, 2.24) is 4.90 Å². The molecule has 0 saturated carbocycles. The first-order chi connectivity index (χ1) is 7.91. The molecular formula is C14H21NOS. The Morgan fingerprint density at radius 1 is 1.29 bits per heavy atom. The van der Waals surface area contributed by atoms with E-state index in [0.717, 1.165) is 11.4 Å². The number of hydrogen-bond acceptors (Lipinski definition) is 2. The number of rotatable bonds is 4. The Morgan fingerprint density at radius 3 is 2.41 bits per heavy atom. The van der Waals surface area contributed by atoms with Crippen LogP contribution in [0.3, 0.4) is 0 Å². The Balaban J connectivity index is 2.92. The Kier molecular flexibility index (Phi) is 5.06. The number of amides is 1. The molecule has 0 aliphatic heterocycles. The van der Waals surface area contributed by atoms with Gasteiger partial charge in [0.25, 0.3) is 5.91 Å². The van der Waals surface area contributed by atoms with Gasteiger partial charge in [-0.25, -0.2) is 0 Å². The van der Waals surface area contributed by atoms with Gasteiger partial charge in [-0.1, -0.05) is 19.9 Å². The number of carbonyl (C=O) groups is 1. The second-order valence-electron chi connectivity index (χ2n) is 5.00. The van der Waals surface area contributed by atoms with Crippen molar-refractivity contribution in [2.75, 3.05) is 6.54 Å². The topological polar surface area (TPSA) is 20.3 Å². The van der Waals surface area contributed by atoms with Gasteiger partial charge in [0.05, 0.1) is 0 Å². The lowest BCUT2D eigenvalue weighted by Crippen LogP contribution is -2.39. The lowest BCUT2D eigenvalue weighted by molar-refractivity contribution is 0.0681. The average molecular weight is 251 g/mol. The number of carbonyl (C=O) groups excluding carboxylic acids is 1. The SMILES string of the molecule is CC(C)CN(C(=O)c1cccc(S)c1)C(C)C. The monoisotopic (exact) mass is 251 g/mol. The highest BCUT2D eigenvalue weighted by atomic mass is 32.1. The summed E-state index contributed by atoms with van der Waals surface area (Å²) < 4.78 is 0. The van der Waals surface area contributed by atoms with Crippen molar-refractivity contribution >= 4 is 18.5 Å². The first kappa shape index (κ1) is 14.1. The minimum atomic E-state index is 0.0876. The number of hydrogen-bond donors (Lipinski definition) is 1. The fourth-order valence-electron chi connectivity index (χ4n) is 1.73. The second-order valence-corrected chi connectivity index (χ2v) is 5.51. The van der Waals surface area contributed by atoms with E-state index in [0.29, 0.717) is 11.5 Å². The van der Waals surface area contributed by atoms with Gasteiger partial charge in [0.1, 0.15) is 0 Å². The third kappa shape index (κ3) is 4.08. The molecule has 0 fully saturated rings. The molecule has 0 radical (unpaired) electrons. The Hall–Kier alpha value is -0.960. The van der Waals surface area contributed by atoms with Gasteiger partial charge >= 0.3 is 0 Å². The molecule has 0 aliphatic rings. The number of thiol groups is 1. The van der Waals surface area contributed by atoms with Crippen molar-refractivity contribution < 1.29 is 4.79 Å². The van der Waals surface area contributed by atoms with Crippen LogP contribution in [0.15, 0.2) is 29.2 Å². The maximum atomic E-state index is 12.4. The molecule has 0 bridgehead atoms. The van der Waals surface area contributed by atoms with Crippen LogP contribution in [0.4, 0.5) is 0 Å². The lowest BCUT2D eigenvalue weighted by atomic mass is 10.1. The van der Waals surface area contributed by atoms with Crippen molar-refractivity contribution in [1.29, 1.82) is 0 Å². The standard InChI is InChI=1S/C14H21NOS/c1-10(2)9-15(11(3)4)14(16)12-6-5-7-13(17)8-12/h5-8,10-11,17H,9H2,1-4H3. The van der Waals surface area contributed by atoms with Gasteiger partial charge in [-0.3, -0.25) is 4.79 Å². The molecule has 1 aromatic rings. The third-order valence-corrected chi connectivity index (χ3v) is 2.82. The molecule has 1 amide bonds. The Labute approximate surface area is 109 Å². The molecule has 1 aromatic carbocycles. The van der Waals surface area contributed by atoms with Crippen LogP contribution in [-0.4, -0.2) is 23.4 Å². The van der Waals surface area contributed by atoms with E-state index in [1.54, 1.807) is 0 Å². The summed E-state index contributed by atoms with van der Waals surface area (Å²) in [5.74, 6) is 0.560. The summed E-state index contributed by atoms with van der Waals surface area (Å²) in [5, 5.41) is 0. The van der Waals surface area contributed by atoms with E-state index >= 15 is 0 Å². The van der Waals surface area contributed by atoms with Gasteiger partial charge in [0.2, 0.25) is 0 Å². The van der Waals surface area contributed by atoms with Crippen LogP contribution in [0.5, 0.6) is 0 Å². The van der Waals surface area contributed by atoms with E-state index in [1.165, 1.54) is 0 Å². The molecule has 0 aliphatic carbocycles. The predicted octanol–water partition coefficient (Wildman–Crippen LogP) is 3.48. The fraction of sp³-hybridized carbons (Fsp3) is 0.500. The molecule has 0 saturated heterocycles. The molecule has 0 atom stereocenters. The highest BCUT2D eigenvalue weighted by Crippen LogP contribution is 2.14. The minimum Gasteiger partial charge on any atom is -0.336 e. The Bertz CT molecular complexity index is 388. The quantitative estimate of drug-likeness (QED) is 0.812. The summed E-state index contributed by atoms with van der Waals surface area (Å²) in [5.41, 5.74) is 0.715. The predicted molar refractivity (Wildman–Crippen MR) is 74.7 cm³/mol. The number of nitrogens with zero attached hydrogens (tertiary/aromatic N) is 1. The van der Waals surface area contributed by atoms with E-state index in [4.69, 9.17) is 0 Å². The summed E-state index contributed by atoms with van der Waals surface area (Å²) in [6.07, 6.45) is 0. The van der Waals surface area contributed by atoms with Crippen molar-refractivity contribution in [3.8, 4) is 0 Å². The van der Waals surface area contributed by atoms with Crippen LogP contribution in [0.1, 0.15) is 38.1 Å². The van der Waals surface area contributed by atoms with Crippen molar-refractivity contribution in [3.05, 3.63) is 29.8 Å². The van der Waals surface area contributed by atoms with Crippen LogP contribution in [0.25, 0.3) is 0 Å². The van der Waals surface area contributed by atoms with Crippen molar-refractivity contribution in [2.45, 2.75) is 38.6 Å². The van der Waals surface area contributed by atoms with E-state index in [1.807, 2.05) is 43.0 Å². The molecule has 17 heavy (non-hydrogen) atoms. The van der Waals surface area contributed by atoms with Gasteiger partial charge in [-0.15, -0.1) is 12.6 Å². The fourth-order valence-corrected chi connectivity index (χ4v) is 1.95. The average Bonchev–Trinajstić information content (AvgIpc) is 2.24. The third-order valence-electron chi connectivity index (χ3n) is 2.54. The summed E-state index contributed by atoms with van der Waals surface area (Å²) in [7, 11) is 0. The molecular weight excluding hydrogens is 230 g/mol. The summed E-state index contributed by atoms with van der Waals surface area (Å²) in [4.78, 5) is 15.1. The molecule has 94 valence electrons. The summed E-state index contributed by atoms with van der Waals surface area (Å²) >= 11 is 4.27. The smallest absolute Gasteiger partial charge is 0.254 e. The molecule has 0 heterocycles. The molecule has 0 spiro atoms. The Morgan fingerprint density at radius 2 is 1.94 bits per heavy atom. The first-order valence-corrected chi connectivity index (χ1v) is 6.46. The molecule has 3 heteroatoms. The molecule has 0 unspecified atom stereocenters. The van der Waals surface area contributed by atoms with Crippen LogP contribution < -0.4 is 0 Å². The van der Waals surface area contributed by atoms with Gasteiger partial charge in [0, 0.05) is 23.0 Å². The second kappa shape index (κ2) is 6.10. The largest absolute Gasteiger partial charge is 0.336 e. The highest BCUT2D eigenvalue weighted by Gasteiger charge is 2.19. The highest BCUT2D eigenvalue weighted by molar-refractivity contribution is 7.80. The van der Waals surface area contributed by atoms with Crippen LogP contribution in [0, 0.1) is 5.92 Å². The maximum Gasteiger partial charge on any atom is 0.254 e. The zero-order chi connectivity index (χ0) is 13.0. The lowest BCUT2D eigenvalue weighted by Gasteiger charge is -2.28. The molecule has 1 rings (SSSR count). The zero-order valence-corrected chi connectivity index (χ0v) is 11.9. The normalized spacial score (nSPS) is 11.0. The minimum absolute atomic E-state index is 0.0876. The van der Waals surface area contributed by atoms with E-state index in [2.05, 4.69) is 26.5 Å². The van der Waals surface area contributed by atoms with Crippen LogP contribution in [0.2, 0.25) is 0 Å². The molecule has 2 nitrogen and oxygen atoms in total.